The number of likely N-dealkylation sites (N-methyl/N-ethyl adjacent to an activating group) is 1. The van der Waals surface area contributed by atoms with E-state index in [4.69, 9.17) is 35.3 Å². The molecule has 0 radical (unpaired) electrons. The van der Waals surface area contributed by atoms with Crippen LogP contribution in [0.4, 0.5) is 5.69 Å². The summed E-state index contributed by atoms with van der Waals surface area (Å²) in [7, 11) is 4.71. The third-order valence-corrected chi connectivity index (χ3v) is 16.4. The molecule has 1 aromatic rings. The van der Waals surface area contributed by atoms with Crippen molar-refractivity contribution in [1.82, 2.24) is 9.80 Å². The number of Topliss-reactive ketones (excluding diaryl/α,β-unsaturated/α-hetero) is 2. The van der Waals surface area contributed by atoms with E-state index in [1.807, 2.05) is 65.0 Å². The van der Waals surface area contributed by atoms with Crippen LogP contribution in [0.5, 0.6) is 0 Å². The van der Waals surface area contributed by atoms with Gasteiger partial charge in [0, 0.05) is 57.7 Å². The lowest BCUT2D eigenvalue weighted by Gasteiger charge is -2.47. The Balaban J connectivity index is 0.000000574. The molecule has 412 valence electrons. The van der Waals surface area contributed by atoms with Gasteiger partial charge >= 0.3 is 5.97 Å². The fourth-order valence-corrected chi connectivity index (χ4v) is 11.5. The van der Waals surface area contributed by atoms with Gasteiger partial charge in [0.25, 0.3) is 11.7 Å². The fraction of sp³-hybridized carbons (Fsp3) is 0.737. The van der Waals surface area contributed by atoms with Crippen LogP contribution in [-0.2, 0) is 47.7 Å². The van der Waals surface area contributed by atoms with Crippen molar-refractivity contribution < 1.29 is 57.9 Å². The molecule has 4 aliphatic rings. The summed E-state index contributed by atoms with van der Waals surface area (Å²) in [6.07, 6.45) is 5.16. The third kappa shape index (κ3) is 16.5. The number of esters is 1. The van der Waals surface area contributed by atoms with Gasteiger partial charge in [-0.25, -0.2) is 4.79 Å². The number of aliphatic hydroxyl groups excluding tert-OH is 1. The lowest BCUT2D eigenvalue weighted by atomic mass is 9.82. The second-order valence-corrected chi connectivity index (χ2v) is 21.9. The number of anilines is 1. The summed E-state index contributed by atoms with van der Waals surface area (Å²) in [5.41, 5.74) is 4.87. The molecule has 3 fully saturated rings. The maximum absolute atomic E-state index is 14.3. The number of aryl methyl sites for hydroxylation is 2. The molecular formula is C57H90ClN3O12. The Kier molecular flexibility index (Phi) is 24.7. The average molecular weight is 1040 g/mol. The summed E-state index contributed by atoms with van der Waals surface area (Å²) in [6.45, 7) is 21.8. The zero-order valence-corrected chi connectivity index (χ0v) is 47.0. The smallest absolute Gasteiger partial charge is 0.329 e. The number of alkyl halides is 1. The number of nitrogens with zero attached hydrogens (tertiary/aromatic N) is 2. The molecule has 0 spiro atoms. The molecule has 1 saturated carbocycles. The van der Waals surface area contributed by atoms with Gasteiger partial charge in [0.2, 0.25) is 11.7 Å². The number of aliphatic hydroxyl groups is 2. The number of carbonyl (C=O) groups excluding carboxylic acids is 5. The van der Waals surface area contributed by atoms with Crippen LogP contribution in [0.2, 0.25) is 0 Å². The van der Waals surface area contributed by atoms with Gasteiger partial charge in [0.15, 0.2) is 0 Å². The molecule has 3 aliphatic heterocycles. The number of cyclic esters (lactones) is 1. The van der Waals surface area contributed by atoms with Gasteiger partial charge in [-0.1, -0.05) is 77.5 Å². The van der Waals surface area contributed by atoms with Crippen LogP contribution in [0.3, 0.4) is 0 Å². The number of fused-ring (bicyclic) bond motifs is 3. The summed E-state index contributed by atoms with van der Waals surface area (Å²) in [6, 6.07) is 4.92. The number of hydrogen-bond donors (Lipinski definition) is 3. The number of carbonyl (C=O) groups is 5. The largest absolute Gasteiger partial charge is 0.456 e. The summed E-state index contributed by atoms with van der Waals surface area (Å²) in [4.78, 5) is 71.7. The van der Waals surface area contributed by atoms with Crippen molar-refractivity contribution in [2.75, 3.05) is 52.8 Å². The van der Waals surface area contributed by atoms with Gasteiger partial charge in [-0.3, -0.25) is 24.1 Å². The Morgan fingerprint density at radius 1 is 0.904 bits per heavy atom. The first-order chi connectivity index (χ1) is 34.6. The Morgan fingerprint density at radius 3 is 2.14 bits per heavy atom. The summed E-state index contributed by atoms with van der Waals surface area (Å²) in [5, 5.41) is 26.6. The van der Waals surface area contributed by atoms with Crippen molar-refractivity contribution in [3.8, 4) is 0 Å². The monoisotopic (exact) mass is 1040 g/mol. The van der Waals surface area contributed by atoms with E-state index >= 15 is 0 Å². The van der Waals surface area contributed by atoms with E-state index in [2.05, 4.69) is 31.0 Å². The first kappa shape index (κ1) is 62.0. The minimum atomic E-state index is -2.49. The normalized spacial score (nSPS) is 34.4. The number of nitrogens with one attached hydrogen (secondary N) is 1. The number of allylic oxidation sites excluding steroid dienone is 3. The van der Waals surface area contributed by atoms with Crippen molar-refractivity contribution in [2.45, 2.75) is 194 Å². The summed E-state index contributed by atoms with van der Waals surface area (Å²) >= 11 is 6.52. The molecule has 2 saturated heterocycles. The highest BCUT2D eigenvalue weighted by atomic mass is 35.5. The van der Waals surface area contributed by atoms with Gasteiger partial charge < -0.3 is 44.1 Å². The van der Waals surface area contributed by atoms with E-state index in [1.165, 1.54) is 19.1 Å². The number of halogens is 1. The molecule has 0 unspecified atom stereocenters. The van der Waals surface area contributed by atoms with E-state index in [-0.39, 0.29) is 60.8 Å². The highest BCUT2D eigenvalue weighted by Gasteiger charge is 2.56. The van der Waals surface area contributed by atoms with Crippen LogP contribution in [0.25, 0.3) is 0 Å². The fourth-order valence-electron chi connectivity index (χ4n) is 11.2. The number of ether oxygens (including phenoxy) is 5. The van der Waals surface area contributed by atoms with Crippen LogP contribution in [0.15, 0.2) is 41.5 Å². The lowest BCUT2D eigenvalue weighted by Crippen LogP contribution is -2.64. The molecule has 16 heteroatoms. The predicted molar refractivity (Wildman–Crippen MR) is 284 cm³/mol. The number of hydrogen-bond acceptors (Lipinski definition) is 13. The van der Waals surface area contributed by atoms with E-state index in [0.29, 0.717) is 50.6 Å². The summed E-state index contributed by atoms with van der Waals surface area (Å²) < 4.78 is 29.9. The molecule has 0 aromatic heterocycles. The average Bonchev–Trinajstić information content (AvgIpc) is 3.37. The van der Waals surface area contributed by atoms with Crippen molar-refractivity contribution in [3.05, 3.63) is 52.6 Å². The molecule has 14 atom stereocenters. The number of para-hydroxylation sites is 1. The molecule has 1 aliphatic carbocycles. The van der Waals surface area contributed by atoms with Crippen molar-refractivity contribution in [1.29, 1.82) is 0 Å². The number of benzene rings is 1. The predicted octanol–water partition coefficient (Wildman–Crippen LogP) is 8.30. The minimum absolute atomic E-state index is 0.0425. The van der Waals surface area contributed by atoms with Crippen LogP contribution in [-0.4, -0.2) is 151 Å². The van der Waals surface area contributed by atoms with Crippen LogP contribution in [0, 0.1) is 43.4 Å². The van der Waals surface area contributed by atoms with E-state index in [9.17, 15) is 34.2 Å². The Labute approximate surface area is 441 Å². The third-order valence-electron chi connectivity index (χ3n) is 15.9. The Morgan fingerprint density at radius 2 is 1.53 bits per heavy atom. The highest BCUT2D eigenvalue weighted by molar-refractivity contribution is 6.39. The lowest BCUT2D eigenvalue weighted by molar-refractivity contribution is -0.302. The van der Waals surface area contributed by atoms with Crippen LogP contribution < -0.4 is 5.32 Å². The molecule has 3 heterocycles. The second kappa shape index (κ2) is 29.1. The second-order valence-electron chi connectivity index (χ2n) is 21.4. The molecule has 3 N–H and O–H groups in total. The van der Waals surface area contributed by atoms with E-state index in [0.717, 1.165) is 48.3 Å². The molecule has 2 bridgehead atoms. The standard InChI is InChI=1S/C43H68ClNO11.C14H22N2O/c1-10-30-18-24(2)17-25(3)19-36(53-8)39-37(54-9)21-27(5)43(51,56-39)40(48)41(49)45-16-12-11-13-32(45)42(50)55-38(28(6)33(46)23-34(30)47)26(4)20-29-14-15-31(44)35(22-29)52-7;1-5-16(6-2)10-13(17)15-14-11(3)8-7-9-12(14)4/h18,20,25,27-33,35-39,46,51H,10-17,19,21-23H2,1-9H3;7-9H,5-6,10H2,1-4H3,(H,15,17)/b24-18+,26-20+;/t25-,27+,28+,29-,30+,31-,32-,33-,35+,36-,37-,38+,39+,43+;/m0./s1. The molecule has 1 aromatic carbocycles. The van der Waals surface area contributed by atoms with E-state index < -0.39 is 77.8 Å². The number of ketones is 2. The maximum atomic E-state index is 14.3. The van der Waals surface area contributed by atoms with Crippen LogP contribution in [0.1, 0.15) is 137 Å². The number of rotatable bonds is 11. The topological polar surface area (TPSA) is 190 Å². The van der Waals surface area contributed by atoms with E-state index in [1.54, 1.807) is 21.0 Å². The maximum Gasteiger partial charge on any atom is 0.329 e. The minimum Gasteiger partial charge on any atom is -0.456 e. The van der Waals surface area contributed by atoms with Gasteiger partial charge in [0.05, 0.1) is 36.3 Å². The quantitative estimate of drug-likeness (QED) is 0.0831. The zero-order valence-electron chi connectivity index (χ0n) is 46.2. The van der Waals surface area contributed by atoms with Gasteiger partial charge in [0.1, 0.15) is 24.0 Å². The van der Waals surface area contributed by atoms with Crippen molar-refractivity contribution in [2.24, 2.45) is 29.6 Å². The zero-order chi connectivity index (χ0) is 54.3. The number of piperidine rings is 1. The molecule has 15 nitrogen and oxygen atoms in total. The van der Waals surface area contributed by atoms with Gasteiger partial charge in [-0.15, -0.1) is 11.6 Å². The van der Waals surface area contributed by atoms with Gasteiger partial charge in [-0.2, -0.15) is 0 Å². The Bertz CT molecular complexity index is 2040. The Hall–Kier alpha value is -3.54. The molecular weight excluding hydrogens is 954 g/mol. The van der Waals surface area contributed by atoms with Crippen molar-refractivity contribution >= 4 is 46.6 Å². The first-order valence-corrected chi connectivity index (χ1v) is 27.3. The molecule has 5 rings (SSSR count). The highest BCUT2D eigenvalue weighted by Crippen LogP contribution is 2.39. The number of methoxy groups -OCH3 is 3. The molecule has 2 amide bonds. The first-order valence-electron chi connectivity index (χ1n) is 26.9. The SMILES string of the molecule is CCN(CC)CC(=O)Nc1c(C)cccc1C.CC[C@@H]1/C=C(\C)C[C@H](C)C[C@H](OC)[C@H]2O[C@@](O)(C(=O)C(=O)N3CCCC[C@H]3C(=O)O[C@H](/C(C)=C/[C@@H]3CC[C@H](Cl)[C@H](OC)C3)[C@H](C)[C@@H](O)CC1=O)[C@H](C)C[C@@H]2OC. The van der Waals surface area contributed by atoms with Crippen LogP contribution >= 0.6 is 11.6 Å². The van der Waals surface area contributed by atoms with Gasteiger partial charge in [-0.05, 0) is 134 Å². The molecule has 73 heavy (non-hydrogen) atoms. The summed E-state index contributed by atoms with van der Waals surface area (Å²) in [5.74, 6) is -7.25. The van der Waals surface area contributed by atoms with Crippen molar-refractivity contribution in [3.63, 3.8) is 0 Å². The number of amides is 2.